The highest BCUT2D eigenvalue weighted by atomic mass is 15.1. The molecule has 0 saturated heterocycles. The van der Waals surface area contributed by atoms with Gasteiger partial charge in [-0.3, -0.25) is 0 Å². The predicted octanol–water partition coefficient (Wildman–Crippen LogP) is 17.9. The highest BCUT2D eigenvalue weighted by molar-refractivity contribution is 6.33. The standard InChI is InChI=1S/C66H43N/c1-4-17-42(18-5-1)58-41-59(43-19-6-2-7-20-43)65-56-30-15-13-28-54(56)60-40-50(35-36-57(60)66(65)64(58)44-21-8-3-9-22-44)67(61-39-47-23-10-11-26-52(47)53-27-12-14-29-55(53)61)51-37-48-33-31-45-24-16-25-46-32-34-49(38-51)63(48)62(45)46/h1-41,48,63H. The summed E-state index contributed by atoms with van der Waals surface area (Å²) in [5, 5.41) is 12.5. The van der Waals surface area contributed by atoms with E-state index in [9.17, 15) is 0 Å². The van der Waals surface area contributed by atoms with Gasteiger partial charge < -0.3 is 4.90 Å². The first-order valence-electron chi connectivity index (χ1n) is 23.5. The largest absolute Gasteiger partial charge is 0.310 e. The number of rotatable bonds is 6. The Labute approximate surface area is 390 Å². The SMILES string of the molecule is C1=Cc2cccc3c2C2C1=CC(N(c1ccc4c(c1)c1ccccc1c1c(-c5ccccc5)cc(-c5ccccc5)c(-c5ccccc5)c41)c1cc4ccccc4c4ccccc14)=CC2C=C3. The Bertz CT molecular complexity index is 3960. The predicted molar refractivity (Wildman–Crippen MR) is 286 cm³/mol. The lowest BCUT2D eigenvalue weighted by Crippen LogP contribution is -2.26. The molecule has 0 aliphatic heterocycles. The smallest absolute Gasteiger partial charge is 0.0546 e. The molecule has 67 heavy (non-hydrogen) atoms. The van der Waals surface area contributed by atoms with Crippen molar-refractivity contribution < 1.29 is 0 Å². The Balaban J connectivity index is 1.10. The van der Waals surface area contributed by atoms with Crippen molar-refractivity contribution in [3.63, 3.8) is 0 Å². The molecule has 2 atom stereocenters. The van der Waals surface area contributed by atoms with E-state index < -0.39 is 0 Å². The topological polar surface area (TPSA) is 3.24 Å². The Hall–Kier alpha value is -8.52. The highest BCUT2D eigenvalue weighted by Gasteiger charge is 2.35. The molecule has 0 amide bonds. The van der Waals surface area contributed by atoms with Crippen molar-refractivity contribution in [3.05, 3.63) is 265 Å². The first-order chi connectivity index (χ1) is 33.2. The number of anilines is 2. The molecule has 0 saturated carbocycles. The Kier molecular flexibility index (Phi) is 8.48. The van der Waals surface area contributed by atoms with Crippen LogP contribution < -0.4 is 4.90 Å². The summed E-state index contributed by atoms with van der Waals surface area (Å²) in [5.74, 6) is 0.510. The molecular weight excluding hydrogens is 807 g/mol. The normalized spacial score (nSPS) is 15.8. The molecule has 3 aliphatic rings. The fourth-order valence-electron chi connectivity index (χ4n) is 11.8. The van der Waals surface area contributed by atoms with E-state index in [-0.39, 0.29) is 5.92 Å². The number of allylic oxidation sites excluding steroid dienone is 5. The number of hydrogen-bond donors (Lipinski definition) is 0. The summed E-state index contributed by atoms with van der Waals surface area (Å²) in [5.41, 5.74) is 16.3. The lowest BCUT2D eigenvalue weighted by Gasteiger charge is -2.39. The van der Waals surface area contributed by atoms with Crippen LogP contribution in [0, 0.1) is 5.92 Å². The Morgan fingerprint density at radius 1 is 0.388 bits per heavy atom. The molecule has 0 bridgehead atoms. The summed E-state index contributed by atoms with van der Waals surface area (Å²) in [6, 6.07) is 78.7. The Morgan fingerprint density at radius 2 is 0.985 bits per heavy atom. The molecule has 312 valence electrons. The van der Waals surface area contributed by atoms with Crippen molar-refractivity contribution in [2.75, 3.05) is 4.90 Å². The van der Waals surface area contributed by atoms with Crippen LogP contribution in [0.4, 0.5) is 11.4 Å². The first kappa shape index (κ1) is 37.8. The fourth-order valence-corrected chi connectivity index (χ4v) is 11.8. The van der Waals surface area contributed by atoms with Gasteiger partial charge in [0.1, 0.15) is 0 Å². The molecule has 0 heterocycles. The number of fused-ring (bicyclic) bond motifs is 9. The van der Waals surface area contributed by atoms with Crippen LogP contribution in [0.1, 0.15) is 22.6 Å². The summed E-state index contributed by atoms with van der Waals surface area (Å²) in [4.78, 5) is 2.56. The monoisotopic (exact) mass is 849 g/mol. The van der Waals surface area contributed by atoms with Crippen LogP contribution in [0.2, 0.25) is 0 Å². The molecule has 1 heteroatoms. The van der Waals surface area contributed by atoms with Gasteiger partial charge in [0.25, 0.3) is 0 Å². The molecular formula is C66H43N. The van der Waals surface area contributed by atoms with E-state index in [1.165, 1.54) is 121 Å². The molecule has 3 aliphatic carbocycles. The molecule has 0 fully saturated rings. The van der Waals surface area contributed by atoms with Gasteiger partial charge in [0.15, 0.2) is 0 Å². The van der Waals surface area contributed by atoms with E-state index >= 15 is 0 Å². The van der Waals surface area contributed by atoms with Crippen LogP contribution >= 0.6 is 0 Å². The second-order valence-corrected chi connectivity index (χ2v) is 18.3. The van der Waals surface area contributed by atoms with Crippen LogP contribution in [0.25, 0.3) is 99.4 Å². The van der Waals surface area contributed by atoms with Gasteiger partial charge in [-0.1, -0.05) is 218 Å². The molecule has 2 unspecified atom stereocenters. The summed E-state index contributed by atoms with van der Waals surface area (Å²) in [7, 11) is 0. The zero-order chi connectivity index (χ0) is 44.0. The van der Waals surface area contributed by atoms with Crippen molar-refractivity contribution in [1.29, 1.82) is 0 Å². The van der Waals surface area contributed by atoms with Crippen LogP contribution in [0.3, 0.4) is 0 Å². The summed E-state index contributed by atoms with van der Waals surface area (Å²) in [6.45, 7) is 0. The maximum absolute atomic E-state index is 2.56. The van der Waals surface area contributed by atoms with E-state index in [2.05, 4.69) is 254 Å². The van der Waals surface area contributed by atoms with E-state index in [1.54, 1.807) is 0 Å². The molecule has 11 aromatic carbocycles. The molecule has 0 radical (unpaired) electrons. The van der Waals surface area contributed by atoms with Gasteiger partial charge >= 0.3 is 0 Å². The molecule has 14 rings (SSSR count). The van der Waals surface area contributed by atoms with Crippen molar-refractivity contribution in [1.82, 2.24) is 0 Å². The third-order valence-electron chi connectivity index (χ3n) is 14.7. The second kappa shape index (κ2) is 15.0. The van der Waals surface area contributed by atoms with Gasteiger partial charge in [-0.2, -0.15) is 0 Å². The van der Waals surface area contributed by atoms with E-state index in [4.69, 9.17) is 0 Å². The van der Waals surface area contributed by atoms with Gasteiger partial charge in [-0.25, -0.2) is 0 Å². The van der Waals surface area contributed by atoms with Crippen molar-refractivity contribution in [2.45, 2.75) is 5.92 Å². The lowest BCUT2D eigenvalue weighted by atomic mass is 9.68. The number of nitrogens with zero attached hydrogens (tertiary/aromatic N) is 1. The summed E-state index contributed by atoms with van der Waals surface area (Å²) in [6.07, 6.45) is 14.5. The van der Waals surface area contributed by atoms with Gasteiger partial charge in [-0.05, 0) is 134 Å². The number of hydrogen-bond acceptors (Lipinski definition) is 1. The molecule has 1 nitrogen and oxygen atoms in total. The van der Waals surface area contributed by atoms with E-state index in [1.807, 2.05) is 0 Å². The lowest BCUT2D eigenvalue weighted by molar-refractivity contribution is 0.656. The van der Waals surface area contributed by atoms with Crippen LogP contribution in [-0.4, -0.2) is 0 Å². The maximum Gasteiger partial charge on any atom is 0.0546 e. The molecule has 0 spiro atoms. The molecule has 11 aromatic rings. The van der Waals surface area contributed by atoms with E-state index in [0.29, 0.717) is 5.92 Å². The fraction of sp³-hybridized carbons (Fsp3) is 0.0303. The minimum Gasteiger partial charge on any atom is -0.310 e. The van der Waals surface area contributed by atoms with Crippen LogP contribution in [-0.2, 0) is 0 Å². The first-order valence-corrected chi connectivity index (χ1v) is 23.5. The number of benzene rings is 11. The molecule has 0 aromatic heterocycles. The minimum absolute atomic E-state index is 0.217. The van der Waals surface area contributed by atoms with Crippen molar-refractivity contribution in [3.8, 4) is 33.4 Å². The van der Waals surface area contributed by atoms with Gasteiger partial charge in [0.05, 0.1) is 5.69 Å². The average molecular weight is 850 g/mol. The Morgan fingerprint density at radius 3 is 1.73 bits per heavy atom. The average Bonchev–Trinajstić information content (AvgIpc) is 3.40. The zero-order valence-electron chi connectivity index (χ0n) is 36.8. The van der Waals surface area contributed by atoms with Crippen LogP contribution in [0.15, 0.2) is 248 Å². The second-order valence-electron chi connectivity index (χ2n) is 18.3. The third kappa shape index (κ3) is 5.88. The maximum atomic E-state index is 2.56. The summed E-state index contributed by atoms with van der Waals surface area (Å²) >= 11 is 0. The zero-order valence-corrected chi connectivity index (χ0v) is 36.8. The summed E-state index contributed by atoms with van der Waals surface area (Å²) < 4.78 is 0. The van der Waals surface area contributed by atoms with Gasteiger partial charge in [-0.15, -0.1) is 0 Å². The van der Waals surface area contributed by atoms with Gasteiger partial charge in [0, 0.05) is 28.6 Å². The minimum atomic E-state index is 0.217. The quantitative estimate of drug-likeness (QED) is 0.151. The van der Waals surface area contributed by atoms with E-state index in [0.717, 1.165) is 5.69 Å². The van der Waals surface area contributed by atoms with Crippen molar-refractivity contribution in [2.24, 2.45) is 5.92 Å². The highest BCUT2D eigenvalue weighted by Crippen LogP contribution is 2.53. The van der Waals surface area contributed by atoms with Crippen molar-refractivity contribution >= 4 is 77.4 Å². The van der Waals surface area contributed by atoms with Gasteiger partial charge in [0.2, 0.25) is 0 Å². The third-order valence-corrected chi connectivity index (χ3v) is 14.7. The van der Waals surface area contributed by atoms with Crippen LogP contribution in [0.5, 0.6) is 0 Å². The molecule has 0 N–H and O–H groups in total.